The first-order chi connectivity index (χ1) is 11.1. The number of aliphatic hydroxyl groups is 1. The van der Waals surface area contributed by atoms with Gasteiger partial charge in [0.25, 0.3) is 0 Å². The van der Waals surface area contributed by atoms with Crippen LogP contribution in [-0.4, -0.2) is 59.4 Å². The van der Waals surface area contributed by atoms with Gasteiger partial charge in [-0.1, -0.05) is 0 Å². The van der Waals surface area contributed by atoms with E-state index in [1.165, 1.54) is 13.3 Å². The molecular weight excluding hydrogens is 299 g/mol. The Morgan fingerprint density at radius 2 is 2.26 bits per heavy atom. The standard InChI is InChI=1S/C16H21FN4O2/c1-23-15-3-2-13-16(20-15)11(12(17)7-19-13)4-5-21-8-10(6-18)14(22)9-21/h2-3,7,10,14,22H,4-6,8-9,18H2,1H3/t10-,14+/m1/s1. The molecule has 0 amide bonds. The molecule has 3 N–H and O–H groups in total. The van der Waals surface area contributed by atoms with Crippen LogP contribution in [0.25, 0.3) is 11.0 Å². The first-order valence-electron chi connectivity index (χ1n) is 7.71. The molecule has 0 radical (unpaired) electrons. The van der Waals surface area contributed by atoms with Gasteiger partial charge in [-0.3, -0.25) is 4.98 Å². The summed E-state index contributed by atoms with van der Waals surface area (Å²) < 4.78 is 19.3. The molecule has 0 spiro atoms. The minimum atomic E-state index is -0.405. The molecule has 3 heterocycles. The Balaban J connectivity index is 1.81. The van der Waals surface area contributed by atoms with Gasteiger partial charge in [-0.2, -0.15) is 0 Å². The highest BCUT2D eigenvalue weighted by Gasteiger charge is 2.30. The zero-order chi connectivity index (χ0) is 16.4. The number of ether oxygens (including phenoxy) is 1. The predicted octanol–water partition coefficient (Wildman–Crippen LogP) is 0.571. The molecule has 2 aromatic rings. The van der Waals surface area contributed by atoms with Crippen LogP contribution >= 0.6 is 0 Å². The number of hydrogen-bond acceptors (Lipinski definition) is 6. The number of hydrogen-bond donors (Lipinski definition) is 2. The fourth-order valence-corrected chi connectivity index (χ4v) is 3.05. The molecule has 3 rings (SSSR count). The van der Waals surface area contributed by atoms with Crippen molar-refractivity contribution in [3.05, 3.63) is 29.7 Å². The van der Waals surface area contributed by atoms with Crippen LogP contribution in [-0.2, 0) is 6.42 Å². The molecule has 7 heteroatoms. The molecule has 124 valence electrons. The van der Waals surface area contributed by atoms with E-state index in [0.717, 1.165) is 6.54 Å². The summed E-state index contributed by atoms with van der Waals surface area (Å²) in [6.45, 7) is 2.41. The van der Waals surface area contributed by atoms with E-state index in [1.807, 2.05) is 0 Å². The van der Waals surface area contributed by atoms with Crippen molar-refractivity contribution in [2.24, 2.45) is 11.7 Å². The van der Waals surface area contributed by atoms with Gasteiger partial charge in [0.15, 0.2) is 0 Å². The van der Waals surface area contributed by atoms with Crippen LogP contribution in [0.4, 0.5) is 4.39 Å². The van der Waals surface area contributed by atoms with Gasteiger partial charge in [-0.25, -0.2) is 9.37 Å². The van der Waals surface area contributed by atoms with Crippen molar-refractivity contribution in [1.29, 1.82) is 0 Å². The summed E-state index contributed by atoms with van der Waals surface area (Å²) in [4.78, 5) is 10.5. The van der Waals surface area contributed by atoms with Gasteiger partial charge in [-0.05, 0) is 19.0 Å². The highest BCUT2D eigenvalue weighted by molar-refractivity contribution is 5.78. The van der Waals surface area contributed by atoms with Crippen molar-refractivity contribution in [3.8, 4) is 5.88 Å². The van der Waals surface area contributed by atoms with Gasteiger partial charge in [0.2, 0.25) is 5.88 Å². The molecule has 0 aliphatic carbocycles. The minimum absolute atomic E-state index is 0.0900. The van der Waals surface area contributed by atoms with Crippen molar-refractivity contribution in [3.63, 3.8) is 0 Å². The molecule has 23 heavy (non-hydrogen) atoms. The molecule has 2 atom stereocenters. The lowest BCUT2D eigenvalue weighted by Crippen LogP contribution is -2.26. The second-order valence-electron chi connectivity index (χ2n) is 5.88. The van der Waals surface area contributed by atoms with E-state index in [0.29, 0.717) is 48.5 Å². The van der Waals surface area contributed by atoms with Crippen LogP contribution in [0.5, 0.6) is 5.88 Å². The first-order valence-corrected chi connectivity index (χ1v) is 7.71. The lowest BCUT2D eigenvalue weighted by molar-refractivity contribution is 0.144. The van der Waals surface area contributed by atoms with Gasteiger partial charge in [-0.15, -0.1) is 0 Å². The average Bonchev–Trinajstić information content (AvgIpc) is 2.93. The monoisotopic (exact) mass is 320 g/mol. The second kappa shape index (κ2) is 6.74. The molecular formula is C16H21FN4O2. The van der Waals surface area contributed by atoms with Crippen LogP contribution in [0.1, 0.15) is 5.56 Å². The Bertz CT molecular complexity index is 697. The van der Waals surface area contributed by atoms with E-state index < -0.39 is 6.10 Å². The summed E-state index contributed by atoms with van der Waals surface area (Å²) in [6, 6.07) is 3.48. The normalized spacial score (nSPS) is 21.9. The van der Waals surface area contributed by atoms with E-state index >= 15 is 0 Å². The Hall–Kier alpha value is -1.83. The Morgan fingerprint density at radius 1 is 1.43 bits per heavy atom. The van der Waals surface area contributed by atoms with Gasteiger partial charge in [0.05, 0.1) is 30.4 Å². The number of nitrogens with two attached hydrogens (primary N) is 1. The molecule has 1 saturated heterocycles. The highest BCUT2D eigenvalue weighted by Crippen LogP contribution is 2.23. The summed E-state index contributed by atoms with van der Waals surface area (Å²) in [7, 11) is 1.53. The highest BCUT2D eigenvalue weighted by atomic mass is 19.1. The summed E-state index contributed by atoms with van der Waals surface area (Å²) in [5.41, 5.74) is 7.34. The molecule has 1 aliphatic rings. The molecule has 0 unspecified atom stereocenters. The van der Waals surface area contributed by atoms with E-state index in [1.54, 1.807) is 12.1 Å². The minimum Gasteiger partial charge on any atom is -0.481 e. The molecule has 1 fully saturated rings. The Kier molecular flexibility index (Phi) is 4.70. The third kappa shape index (κ3) is 3.26. The van der Waals surface area contributed by atoms with E-state index in [-0.39, 0.29) is 11.7 Å². The lowest BCUT2D eigenvalue weighted by atomic mass is 10.1. The topological polar surface area (TPSA) is 84.5 Å². The second-order valence-corrected chi connectivity index (χ2v) is 5.88. The number of methoxy groups -OCH3 is 1. The number of aromatic nitrogens is 2. The number of rotatable bonds is 5. The molecule has 2 aromatic heterocycles. The summed E-state index contributed by atoms with van der Waals surface area (Å²) in [6.07, 6.45) is 1.32. The fourth-order valence-electron chi connectivity index (χ4n) is 3.05. The van der Waals surface area contributed by atoms with Crippen molar-refractivity contribution in [2.75, 3.05) is 33.3 Å². The van der Waals surface area contributed by atoms with Crippen LogP contribution < -0.4 is 10.5 Å². The quantitative estimate of drug-likeness (QED) is 0.838. The number of pyridine rings is 2. The summed E-state index contributed by atoms with van der Waals surface area (Å²) in [5.74, 6) is 0.159. The number of fused-ring (bicyclic) bond motifs is 1. The SMILES string of the molecule is COc1ccc2ncc(F)c(CCN3C[C@@H](CN)[C@@H](O)C3)c2n1. The predicted molar refractivity (Wildman–Crippen MR) is 84.7 cm³/mol. The molecule has 1 aliphatic heterocycles. The van der Waals surface area contributed by atoms with E-state index in [2.05, 4.69) is 14.9 Å². The number of halogens is 1. The Labute approximate surface area is 134 Å². The lowest BCUT2D eigenvalue weighted by Gasteiger charge is -2.16. The zero-order valence-corrected chi connectivity index (χ0v) is 13.1. The van der Waals surface area contributed by atoms with Crippen LogP contribution in [0.2, 0.25) is 0 Å². The largest absolute Gasteiger partial charge is 0.481 e. The third-order valence-electron chi connectivity index (χ3n) is 4.41. The summed E-state index contributed by atoms with van der Waals surface area (Å²) in [5, 5.41) is 9.92. The molecule has 0 aromatic carbocycles. The van der Waals surface area contributed by atoms with Gasteiger partial charge in [0.1, 0.15) is 5.82 Å². The molecule has 0 saturated carbocycles. The van der Waals surface area contributed by atoms with Gasteiger partial charge in [0, 0.05) is 37.2 Å². The third-order valence-corrected chi connectivity index (χ3v) is 4.41. The van der Waals surface area contributed by atoms with Crippen molar-refractivity contribution in [1.82, 2.24) is 14.9 Å². The number of nitrogens with zero attached hydrogens (tertiary/aromatic N) is 3. The summed E-state index contributed by atoms with van der Waals surface area (Å²) >= 11 is 0. The first kappa shape index (κ1) is 16.0. The van der Waals surface area contributed by atoms with Gasteiger partial charge < -0.3 is 20.5 Å². The van der Waals surface area contributed by atoms with Crippen LogP contribution in [0.3, 0.4) is 0 Å². The maximum atomic E-state index is 14.2. The van der Waals surface area contributed by atoms with E-state index in [4.69, 9.17) is 10.5 Å². The number of β-amino-alcohol motifs (C(OH)–C–C–N with tert-alkyl or cyclic N) is 1. The molecule has 0 bridgehead atoms. The smallest absolute Gasteiger partial charge is 0.213 e. The average molecular weight is 320 g/mol. The van der Waals surface area contributed by atoms with E-state index in [9.17, 15) is 9.50 Å². The zero-order valence-electron chi connectivity index (χ0n) is 13.1. The van der Waals surface area contributed by atoms with Gasteiger partial charge >= 0.3 is 0 Å². The van der Waals surface area contributed by atoms with Crippen molar-refractivity contribution >= 4 is 11.0 Å². The Morgan fingerprint density at radius 3 is 2.96 bits per heavy atom. The maximum Gasteiger partial charge on any atom is 0.213 e. The van der Waals surface area contributed by atoms with Crippen LogP contribution in [0, 0.1) is 11.7 Å². The van der Waals surface area contributed by atoms with Crippen molar-refractivity contribution in [2.45, 2.75) is 12.5 Å². The number of aliphatic hydroxyl groups excluding tert-OH is 1. The van der Waals surface area contributed by atoms with Crippen LogP contribution in [0.15, 0.2) is 18.3 Å². The van der Waals surface area contributed by atoms with Crippen molar-refractivity contribution < 1.29 is 14.2 Å². The maximum absolute atomic E-state index is 14.2. The fraction of sp³-hybridized carbons (Fsp3) is 0.500. The number of likely N-dealkylation sites (tertiary alicyclic amines) is 1. The molecule has 6 nitrogen and oxygen atoms in total.